The van der Waals surface area contributed by atoms with E-state index in [-0.39, 0.29) is 0 Å². The van der Waals surface area contributed by atoms with E-state index in [1.54, 1.807) is 49.4 Å². The van der Waals surface area contributed by atoms with E-state index in [4.69, 9.17) is 9.47 Å². The third-order valence-electron chi connectivity index (χ3n) is 2.83. The number of hydrogen-bond donors (Lipinski definition) is 1. The van der Waals surface area contributed by atoms with Gasteiger partial charge in [0.1, 0.15) is 11.9 Å². The van der Waals surface area contributed by atoms with Crippen molar-refractivity contribution in [2.45, 2.75) is 6.10 Å². The number of methoxy groups -OCH3 is 2. The Balaban J connectivity index is 2.37. The van der Waals surface area contributed by atoms with Crippen LogP contribution in [0.5, 0.6) is 11.5 Å². The lowest BCUT2D eigenvalue weighted by atomic mass is 10.1. The topological polar surface area (TPSA) is 56.5 Å². The van der Waals surface area contributed by atoms with Gasteiger partial charge in [0.15, 0.2) is 11.5 Å². The number of imidazole rings is 1. The summed E-state index contributed by atoms with van der Waals surface area (Å²) in [4.78, 5) is 4.13. The van der Waals surface area contributed by atoms with Crippen LogP contribution in [0.3, 0.4) is 0 Å². The third kappa shape index (κ3) is 2.17. The summed E-state index contributed by atoms with van der Waals surface area (Å²) < 4.78 is 12.1. The lowest BCUT2D eigenvalue weighted by Crippen LogP contribution is -2.07. The maximum atomic E-state index is 10.3. The first-order valence-electron chi connectivity index (χ1n) is 5.54. The Morgan fingerprint density at radius 2 is 1.94 bits per heavy atom. The van der Waals surface area contributed by atoms with Gasteiger partial charge in [0, 0.05) is 19.4 Å². The van der Waals surface area contributed by atoms with Gasteiger partial charge in [0.05, 0.1) is 14.2 Å². The fourth-order valence-electron chi connectivity index (χ4n) is 1.81. The molecule has 1 N–H and O–H groups in total. The Bertz CT molecular complexity index is 537. The molecule has 0 fully saturated rings. The van der Waals surface area contributed by atoms with Gasteiger partial charge in [-0.25, -0.2) is 4.98 Å². The largest absolute Gasteiger partial charge is 0.493 e. The second-order valence-electron chi connectivity index (χ2n) is 3.91. The van der Waals surface area contributed by atoms with Crippen LogP contribution in [-0.4, -0.2) is 28.9 Å². The Hall–Kier alpha value is -2.01. The highest BCUT2D eigenvalue weighted by Gasteiger charge is 2.16. The molecule has 2 rings (SSSR count). The summed E-state index contributed by atoms with van der Waals surface area (Å²) in [6.45, 7) is 0. The van der Waals surface area contributed by atoms with Crippen molar-refractivity contribution in [1.29, 1.82) is 0 Å². The van der Waals surface area contributed by atoms with E-state index < -0.39 is 6.10 Å². The number of aryl methyl sites for hydroxylation is 1. The van der Waals surface area contributed by atoms with Gasteiger partial charge in [-0.1, -0.05) is 6.07 Å². The number of rotatable bonds is 4. The summed E-state index contributed by atoms with van der Waals surface area (Å²) in [6, 6.07) is 5.30. The molecule has 5 heteroatoms. The fourth-order valence-corrected chi connectivity index (χ4v) is 1.81. The predicted octanol–water partition coefficient (Wildman–Crippen LogP) is 1.52. The quantitative estimate of drug-likeness (QED) is 0.891. The second-order valence-corrected chi connectivity index (χ2v) is 3.91. The molecule has 0 bridgehead atoms. The molecule has 2 aromatic rings. The maximum Gasteiger partial charge on any atom is 0.161 e. The molecule has 1 heterocycles. The van der Waals surface area contributed by atoms with E-state index in [1.807, 2.05) is 7.05 Å². The van der Waals surface area contributed by atoms with Gasteiger partial charge in [-0.05, 0) is 17.7 Å². The molecule has 0 radical (unpaired) electrons. The predicted molar refractivity (Wildman–Crippen MR) is 66.8 cm³/mol. The van der Waals surface area contributed by atoms with Crippen LogP contribution in [0.1, 0.15) is 17.5 Å². The number of ether oxygens (including phenoxy) is 2. The number of hydrogen-bond acceptors (Lipinski definition) is 4. The molecule has 0 aliphatic carbocycles. The van der Waals surface area contributed by atoms with Crippen molar-refractivity contribution in [3.63, 3.8) is 0 Å². The molecular weight excluding hydrogens is 232 g/mol. The molecule has 1 aromatic carbocycles. The van der Waals surface area contributed by atoms with Gasteiger partial charge in [0.2, 0.25) is 0 Å². The molecule has 0 saturated carbocycles. The van der Waals surface area contributed by atoms with Gasteiger partial charge in [-0.2, -0.15) is 0 Å². The van der Waals surface area contributed by atoms with E-state index in [2.05, 4.69) is 4.98 Å². The Morgan fingerprint density at radius 3 is 2.50 bits per heavy atom. The van der Waals surface area contributed by atoms with Crippen molar-refractivity contribution in [3.05, 3.63) is 42.0 Å². The van der Waals surface area contributed by atoms with Crippen LogP contribution in [-0.2, 0) is 7.05 Å². The molecule has 1 atom stereocenters. The Labute approximate surface area is 106 Å². The van der Waals surface area contributed by atoms with Crippen LogP contribution in [0.2, 0.25) is 0 Å². The Kier molecular flexibility index (Phi) is 3.53. The van der Waals surface area contributed by atoms with E-state index >= 15 is 0 Å². The van der Waals surface area contributed by atoms with Crippen molar-refractivity contribution >= 4 is 0 Å². The number of benzene rings is 1. The van der Waals surface area contributed by atoms with E-state index in [1.165, 1.54) is 0 Å². The SMILES string of the molecule is COc1ccc([C@@H](O)c2nccn2C)cc1OC. The van der Waals surface area contributed by atoms with E-state index in [9.17, 15) is 5.11 Å². The van der Waals surface area contributed by atoms with Crippen LogP contribution in [0.25, 0.3) is 0 Å². The van der Waals surface area contributed by atoms with Gasteiger partial charge in [-0.15, -0.1) is 0 Å². The van der Waals surface area contributed by atoms with Crippen molar-refractivity contribution < 1.29 is 14.6 Å². The van der Waals surface area contributed by atoms with Crippen molar-refractivity contribution in [1.82, 2.24) is 9.55 Å². The zero-order valence-electron chi connectivity index (χ0n) is 10.6. The van der Waals surface area contributed by atoms with Crippen molar-refractivity contribution in [2.24, 2.45) is 7.05 Å². The van der Waals surface area contributed by atoms with Crippen molar-refractivity contribution in [2.75, 3.05) is 14.2 Å². The summed E-state index contributed by atoms with van der Waals surface area (Å²) in [5, 5.41) is 10.3. The lowest BCUT2D eigenvalue weighted by molar-refractivity contribution is 0.205. The van der Waals surface area contributed by atoms with Crippen LogP contribution >= 0.6 is 0 Å². The zero-order chi connectivity index (χ0) is 13.1. The molecule has 0 aliphatic rings. The molecule has 0 spiro atoms. The highest BCUT2D eigenvalue weighted by molar-refractivity contribution is 5.44. The van der Waals surface area contributed by atoms with Gasteiger partial charge in [0.25, 0.3) is 0 Å². The van der Waals surface area contributed by atoms with Crippen LogP contribution in [0.4, 0.5) is 0 Å². The molecular formula is C13H16N2O3. The smallest absolute Gasteiger partial charge is 0.161 e. The number of aromatic nitrogens is 2. The first-order chi connectivity index (χ1) is 8.67. The number of nitrogens with zero attached hydrogens (tertiary/aromatic N) is 2. The highest BCUT2D eigenvalue weighted by atomic mass is 16.5. The maximum absolute atomic E-state index is 10.3. The Morgan fingerprint density at radius 1 is 1.22 bits per heavy atom. The summed E-state index contributed by atoms with van der Waals surface area (Å²) >= 11 is 0. The lowest BCUT2D eigenvalue weighted by Gasteiger charge is -2.14. The first-order valence-corrected chi connectivity index (χ1v) is 5.54. The zero-order valence-corrected chi connectivity index (χ0v) is 10.6. The molecule has 0 unspecified atom stereocenters. The van der Waals surface area contributed by atoms with Crippen LogP contribution < -0.4 is 9.47 Å². The summed E-state index contributed by atoms with van der Waals surface area (Å²) in [7, 11) is 4.98. The summed E-state index contributed by atoms with van der Waals surface area (Å²) in [6.07, 6.45) is 2.66. The monoisotopic (exact) mass is 248 g/mol. The highest BCUT2D eigenvalue weighted by Crippen LogP contribution is 2.31. The van der Waals surface area contributed by atoms with E-state index in [0.717, 1.165) is 0 Å². The van der Waals surface area contributed by atoms with Crippen LogP contribution in [0.15, 0.2) is 30.6 Å². The second kappa shape index (κ2) is 5.10. The van der Waals surface area contributed by atoms with Gasteiger partial charge in [-0.3, -0.25) is 0 Å². The summed E-state index contributed by atoms with van der Waals surface area (Å²) in [5.41, 5.74) is 0.710. The minimum Gasteiger partial charge on any atom is -0.493 e. The average molecular weight is 248 g/mol. The van der Waals surface area contributed by atoms with E-state index in [0.29, 0.717) is 22.9 Å². The van der Waals surface area contributed by atoms with Gasteiger partial charge >= 0.3 is 0 Å². The fraction of sp³-hybridized carbons (Fsp3) is 0.308. The van der Waals surface area contributed by atoms with Crippen molar-refractivity contribution in [3.8, 4) is 11.5 Å². The standard InChI is InChI=1S/C13H16N2O3/c1-15-7-6-14-13(15)12(16)9-4-5-10(17-2)11(8-9)18-3/h4-8,12,16H,1-3H3/t12-/m1/s1. The minimum atomic E-state index is -0.787. The normalized spacial score (nSPS) is 12.2. The molecule has 1 aromatic heterocycles. The minimum absolute atomic E-state index is 0.585. The molecule has 96 valence electrons. The molecule has 5 nitrogen and oxygen atoms in total. The first kappa shape index (κ1) is 12.4. The third-order valence-corrected chi connectivity index (χ3v) is 2.83. The molecule has 0 amide bonds. The van der Waals surface area contributed by atoms with Crippen LogP contribution in [0, 0.1) is 0 Å². The number of aliphatic hydroxyl groups is 1. The summed E-state index contributed by atoms with van der Waals surface area (Å²) in [5.74, 6) is 1.80. The molecule has 0 saturated heterocycles. The number of aliphatic hydroxyl groups excluding tert-OH is 1. The molecule has 0 aliphatic heterocycles. The molecule has 18 heavy (non-hydrogen) atoms. The average Bonchev–Trinajstić information content (AvgIpc) is 2.83. The van der Waals surface area contributed by atoms with Gasteiger partial charge < -0.3 is 19.1 Å².